The van der Waals surface area contributed by atoms with Gasteiger partial charge in [-0.15, -0.1) is 0 Å². The van der Waals surface area contributed by atoms with Crippen molar-refractivity contribution in [2.24, 2.45) is 5.73 Å². The molecule has 0 radical (unpaired) electrons. The van der Waals surface area contributed by atoms with Gasteiger partial charge in [-0.1, -0.05) is 0 Å². The predicted molar refractivity (Wildman–Crippen MR) is 77.0 cm³/mol. The zero-order chi connectivity index (χ0) is 14.5. The van der Waals surface area contributed by atoms with Gasteiger partial charge in [-0.25, -0.2) is 0 Å². The lowest BCUT2D eigenvalue weighted by Gasteiger charge is -2.29. The Bertz CT molecular complexity index is 488. The quantitative estimate of drug-likeness (QED) is 0.882. The maximum Gasteiger partial charge on any atom is 0.236 e. The summed E-state index contributed by atoms with van der Waals surface area (Å²) in [4.78, 5) is 13.5. The minimum absolute atomic E-state index is 0.0116. The van der Waals surface area contributed by atoms with Crippen molar-refractivity contribution in [2.45, 2.75) is 26.8 Å². The van der Waals surface area contributed by atoms with Crippen molar-refractivity contribution in [1.29, 1.82) is 0 Å². The molecule has 0 bridgehead atoms. The summed E-state index contributed by atoms with van der Waals surface area (Å²) < 4.78 is 11.3. The van der Waals surface area contributed by atoms with Gasteiger partial charge in [-0.2, -0.15) is 0 Å². The molecular formula is C15H22N2O3. The van der Waals surface area contributed by atoms with Crippen LogP contribution in [0.2, 0.25) is 0 Å². The van der Waals surface area contributed by atoms with Crippen LogP contribution in [-0.4, -0.2) is 37.1 Å². The van der Waals surface area contributed by atoms with E-state index >= 15 is 0 Å². The fraction of sp³-hybridized carbons (Fsp3) is 0.533. The molecule has 0 saturated carbocycles. The summed E-state index contributed by atoms with van der Waals surface area (Å²) >= 11 is 0. The standard InChI is InChI=1S/C15H22N2O3/c1-3-19-13-7-11-5-6-17(15(18)9-16)10-12(11)8-14(13)20-4-2/h7-8H,3-6,9-10,16H2,1-2H3. The predicted octanol–water partition coefficient (Wildman–Crippen LogP) is 1.33. The van der Waals surface area contributed by atoms with Gasteiger partial charge in [-0.05, 0) is 43.5 Å². The molecule has 1 aliphatic rings. The zero-order valence-corrected chi connectivity index (χ0v) is 12.1. The highest BCUT2D eigenvalue weighted by atomic mass is 16.5. The molecule has 110 valence electrons. The van der Waals surface area contributed by atoms with E-state index in [-0.39, 0.29) is 12.5 Å². The highest BCUT2D eigenvalue weighted by Crippen LogP contribution is 2.33. The Morgan fingerprint density at radius 3 is 2.35 bits per heavy atom. The molecule has 0 atom stereocenters. The van der Waals surface area contributed by atoms with Gasteiger partial charge in [0.15, 0.2) is 11.5 Å². The van der Waals surface area contributed by atoms with E-state index in [9.17, 15) is 4.79 Å². The van der Waals surface area contributed by atoms with E-state index in [4.69, 9.17) is 15.2 Å². The van der Waals surface area contributed by atoms with Crippen molar-refractivity contribution in [2.75, 3.05) is 26.3 Å². The second kappa shape index (κ2) is 6.61. The SMILES string of the molecule is CCOc1cc2c(cc1OCC)CN(C(=O)CN)CC2. The molecule has 1 aromatic carbocycles. The summed E-state index contributed by atoms with van der Waals surface area (Å²) in [5.41, 5.74) is 7.76. The Balaban J connectivity index is 2.27. The van der Waals surface area contributed by atoms with Crippen LogP contribution in [0.4, 0.5) is 0 Å². The van der Waals surface area contributed by atoms with E-state index in [0.717, 1.165) is 23.5 Å². The molecular weight excluding hydrogens is 256 g/mol. The highest BCUT2D eigenvalue weighted by Gasteiger charge is 2.22. The van der Waals surface area contributed by atoms with Crippen molar-refractivity contribution in [3.8, 4) is 11.5 Å². The number of amides is 1. The van der Waals surface area contributed by atoms with Gasteiger partial charge in [0.25, 0.3) is 0 Å². The first-order valence-electron chi connectivity index (χ1n) is 7.08. The van der Waals surface area contributed by atoms with E-state index in [1.807, 2.05) is 26.0 Å². The molecule has 1 amide bonds. The van der Waals surface area contributed by atoms with Crippen LogP contribution in [0.25, 0.3) is 0 Å². The molecule has 2 N–H and O–H groups in total. The average molecular weight is 278 g/mol. The van der Waals surface area contributed by atoms with E-state index in [1.165, 1.54) is 5.56 Å². The van der Waals surface area contributed by atoms with Crippen LogP contribution in [0, 0.1) is 0 Å². The van der Waals surface area contributed by atoms with Crippen molar-refractivity contribution in [3.63, 3.8) is 0 Å². The summed E-state index contributed by atoms with van der Waals surface area (Å²) in [5, 5.41) is 0. The largest absolute Gasteiger partial charge is 0.490 e. The Hall–Kier alpha value is -1.75. The summed E-state index contributed by atoms with van der Waals surface area (Å²) in [6, 6.07) is 4.02. The van der Waals surface area contributed by atoms with Gasteiger partial charge in [0.1, 0.15) is 0 Å². The zero-order valence-electron chi connectivity index (χ0n) is 12.1. The Labute approximate surface area is 119 Å². The first-order valence-corrected chi connectivity index (χ1v) is 7.08. The number of nitrogens with zero attached hydrogens (tertiary/aromatic N) is 1. The summed E-state index contributed by atoms with van der Waals surface area (Å²) in [6.07, 6.45) is 0.827. The lowest BCUT2D eigenvalue weighted by Crippen LogP contribution is -2.39. The topological polar surface area (TPSA) is 64.8 Å². The normalized spacial score (nSPS) is 13.8. The molecule has 0 aliphatic carbocycles. The monoisotopic (exact) mass is 278 g/mol. The minimum Gasteiger partial charge on any atom is -0.490 e. The molecule has 0 unspecified atom stereocenters. The number of carbonyl (C=O) groups is 1. The Morgan fingerprint density at radius 1 is 1.20 bits per heavy atom. The number of benzene rings is 1. The van der Waals surface area contributed by atoms with Crippen LogP contribution >= 0.6 is 0 Å². The molecule has 20 heavy (non-hydrogen) atoms. The van der Waals surface area contributed by atoms with Gasteiger partial charge in [0.2, 0.25) is 5.91 Å². The molecule has 5 heteroatoms. The minimum atomic E-state index is -0.0116. The number of carbonyl (C=O) groups excluding carboxylic acids is 1. The average Bonchev–Trinajstić information content (AvgIpc) is 2.47. The molecule has 5 nitrogen and oxygen atoms in total. The number of rotatable bonds is 5. The van der Waals surface area contributed by atoms with Gasteiger partial charge in [-0.3, -0.25) is 4.79 Å². The lowest BCUT2D eigenvalue weighted by molar-refractivity contribution is -0.130. The van der Waals surface area contributed by atoms with Gasteiger partial charge in [0.05, 0.1) is 19.8 Å². The van der Waals surface area contributed by atoms with Gasteiger partial charge < -0.3 is 20.1 Å². The molecule has 1 aliphatic heterocycles. The number of hydrogen-bond acceptors (Lipinski definition) is 4. The van der Waals surface area contributed by atoms with Crippen LogP contribution in [0.1, 0.15) is 25.0 Å². The molecule has 0 fully saturated rings. The maximum absolute atomic E-state index is 11.7. The summed E-state index contributed by atoms with van der Waals surface area (Å²) in [7, 11) is 0. The molecule has 1 heterocycles. The first-order chi connectivity index (χ1) is 9.69. The Kier molecular flexibility index (Phi) is 4.84. The fourth-order valence-electron chi connectivity index (χ4n) is 2.44. The maximum atomic E-state index is 11.7. The molecule has 0 aromatic heterocycles. The molecule has 1 aromatic rings. The lowest BCUT2D eigenvalue weighted by atomic mass is 9.98. The number of fused-ring (bicyclic) bond motifs is 1. The van der Waals surface area contributed by atoms with Crippen LogP contribution < -0.4 is 15.2 Å². The number of ether oxygens (including phenoxy) is 2. The van der Waals surface area contributed by atoms with Crippen LogP contribution in [0.15, 0.2) is 12.1 Å². The summed E-state index contributed by atoms with van der Waals surface area (Å²) in [5.74, 6) is 1.52. The van der Waals surface area contributed by atoms with Gasteiger partial charge in [0, 0.05) is 13.1 Å². The molecule has 2 rings (SSSR count). The van der Waals surface area contributed by atoms with E-state index < -0.39 is 0 Å². The Morgan fingerprint density at radius 2 is 1.80 bits per heavy atom. The number of nitrogens with two attached hydrogens (primary N) is 1. The van der Waals surface area contributed by atoms with E-state index in [0.29, 0.717) is 26.3 Å². The van der Waals surface area contributed by atoms with Crippen LogP contribution in [0.3, 0.4) is 0 Å². The van der Waals surface area contributed by atoms with E-state index in [1.54, 1.807) is 4.90 Å². The van der Waals surface area contributed by atoms with E-state index in [2.05, 4.69) is 0 Å². The first kappa shape index (κ1) is 14.7. The highest BCUT2D eigenvalue weighted by molar-refractivity contribution is 5.78. The van der Waals surface area contributed by atoms with Crippen molar-refractivity contribution in [1.82, 2.24) is 4.90 Å². The third-order valence-corrected chi connectivity index (χ3v) is 3.41. The van der Waals surface area contributed by atoms with Crippen LogP contribution in [-0.2, 0) is 17.8 Å². The van der Waals surface area contributed by atoms with Crippen molar-refractivity contribution < 1.29 is 14.3 Å². The fourth-order valence-corrected chi connectivity index (χ4v) is 2.44. The second-order valence-corrected chi connectivity index (χ2v) is 4.70. The summed E-state index contributed by atoms with van der Waals surface area (Å²) in [6.45, 7) is 6.46. The number of hydrogen-bond donors (Lipinski definition) is 1. The third kappa shape index (κ3) is 3.04. The molecule has 0 spiro atoms. The third-order valence-electron chi connectivity index (χ3n) is 3.41. The smallest absolute Gasteiger partial charge is 0.236 e. The van der Waals surface area contributed by atoms with Gasteiger partial charge >= 0.3 is 0 Å². The molecule has 0 saturated heterocycles. The second-order valence-electron chi connectivity index (χ2n) is 4.70. The van der Waals surface area contributed by atoms with Crippen LogP contribution in [0.5, 0.6) is 11.5 Å². The van der Waals surface area contributed by atoms with Crippen molar-refractivity contribution >= 4 is 5.91 Å². The van der Waals surface area contributed by atoms with Crippen molar-refractivity contribution in [3.05, 3.63) is 23.3 Å².